The molecular formula is C13H11BrFN3O. The minimum atomic E-state index is -0.382. The zero-order valence-electron chi connectivity index (χ0n) is 10.1. The molecule has 1 heterocycles. The Kier molecular flexibility index (Phi) is 3.80. The molecule has 98 valence electrons. The number of halogens is 2. The van der Waals surface area contributed by atoms with Crippen molar-refractivity contribution >= 4 is 33.2 Å². The van der Waals surface area contributed by atoms with Gasteiger partial charge in [-0.15, -0.1) is 0 Å². The molecule has 0 radical (unpaired) electrons. The number of benzene rings is 1. The lowest BCUT2D eigenvalue weighted by Crippen LogP contribution is -2.15. The van der Waals surface area contributed by atoms with E-state index in [0.717, 1.165) is 0 Å². The fourth-order valence-corrected chi connectivity index (χ4v) is 1.91. The predicted octanol–water partition coefficient (Wildman–Crippen LogP) is 3.13. The largest absolute Gasteiger partial charge is 0.398 e. The van der Waals surface area contributed by atoms with Gasteiger partial charge in [0.15, 0.2) is 0 Å². The van der Waals surface area contributed by atoms with Crippen LogP contribution in [-0.4, -0.2) is 10.9 Å². The topological polar surface area (TPSA) is 68.0 Å². The molecular weight excluding hydrogens is 313 g/mol. The Morgan fingerprint density at radius 1 is 1.47 bits per heavy atom. The zero-order valence-corrected chi connectivity index (χ0v) is 11.7. The summed E-state index contributed by atoms with van der Waals surface area (Å²) in [6.45, 7) is 1.71. The van der Waals surface area contributed by atoms with Crippen molar-refractivity contribution in [1.82, 2.24) is 4.98 Å². The number of amides is 1. The van der Waals surface area contributed by atoms with Crippen molar-refractivity contribution in [2.45, 2.75) is 6.92 Å². The van der Waals surface area contributed by atoms with Crippen LogP contribution in [-0.2, 0) is 0 Å². The first-order valence-electron chi connectivity index (χ1n) is 5.45. The number of pyridine rings is 1. The normalized spacial score (nSPS) is 10.3. The lowest BCUT2D eigenvalue weighted by atomic mass is 10.1. The molecule has 4 nitrogen and oxygen atoms in total. The van der Waals surface area contributed by atoms with E-state index in [1.807, 2.05) is 0 Å². The Hall–Kier alpha value is -1.95. The summed E-state index contributed by atoms with van der Waals surface area (Å²) < 4.78 is 13.6. The molecule has 6 heteroatoms. The van der Waals surface area contributed by atoms with E-state index in [4.69, 9.17) is 5.73 Å². The highest BCUT2D eigenvalue weighted by Crippen LogP contribution is 2.25. The number of nitrogens with zero attached hydrogens (tertiary/aromatic N) is 1. The summed E-state index contributed by atoms with van der Waals surface area (Å²) in [5.41, 5.74) is 7.45. The predicted molar refractivity (Wildman–Crippen MR) is 75.4 cm³/mol. The van der Waals surface area contributed by atoms with E-state index in [-0.39, 0.29) is 21.8 Å². The molecule has 1 aromatic carbocycles. The molecule has 0 unspecified atom stereocenters. The molecule has 0 saturated carbocycles. The highest BCUT2D eigenvalue weighted by molar-refractivity contribution is 9.10. The van der Waals surface area contributed by atoms with Gasteiger partial charge < -0.3 is 11.1 Å². The molecule has 0 aliphatic carbocycles. The molecule has 0 bridgehead atoms. The highest BCUT2D eigenvalue weighted by Gasteiger charge is 2.12. The molecule has 3 N–H and O–H groups in total. The Morgan fingerprint density at radius 3 is 2.89 bits per heavy atom. The lowest BCUT2D eigenvalue weighted by Gasteiger charge is -2.10. The van der Waals surface area contributed by atoms with E-state index < -0.39 is 0 Å². The third-order valence-corrected chi connectivity index (χ3v) is 3.22. The van der Waals surface area contributed by atoms with E-state index in [1.54, 1.807) is 13.0 Å². The van der Waals surface area contributed by atoms with Crippen molar-refractivity contribution in [2.24, 2.45) is 0 Å². The maximum atomic E-state index is 13.3. The first kappa shape index (κ1) is 13.5. The van der Waals surface area contributed by atoms with Gasteiger partial charge in [-0.3, -0.25) is 9.78 Å². The summed E-state index contributed by atoms with van der Waals surface area (Å²) in [7, 11) is 0. The van der Waals surface area contributed by atoms with Gasteiger partial charge >= 0.3 is 0 Å². The van der Waals surface area contributed by atoms with Crippen LogP contribution in [0.2, 0.25) is 0 Å². The molecule has 19 heavy (non-hydrogen) atoms. The van der Waals surface area contributed by atoms with E-state index >= 15 is 0 Å². The van der Waals surface area contributed by atoms with E-state index in [0.29, 0.717) is 16.9 Å². The second-order valence-electron chi connectivity index (χ2n) is 4.00. The van der Waals surface area contributed by atoms with Gasteiger partial charge in [-0.25, -0.2) is 4.39 Å². The van der Waals surface area contributed by atoms with Crippen LogP contribution in [0, 0.1) is 12.7 Å². The van der Waals surface area contributed by atoms with Gasteiger partial charge in [0.2, 0.25) is 0 Å². The first-order valence-corrected chi connectivity index (χ1v) is 6.25. The average molecular weight is 324 g/mol. The number of nitrogen functional groups attached to an aromatic ring is 1. The van der Waals surface area contributed by atoms with Crippen LogP contribution in [0.4, 0.5) is 15.8 Å². The van der Waals surface area contributed by atoms with E-state index in [1.165, 1.54) is 24.5 Å². The summed E-state index contributed by atoms with van der Waals surface area (Å²) >= 11 is 3.08. The van der Waals surface area contributed by atoms with Crippen LogP contribution in [0.25, 0.3) is 0 Å². The van der Waals surface area contributed by atoms with Crippen LogP contribution in [0.3, 0.4) is 0 Å². The highest BCUT2D eigenvalue weighted by atomic mass is 79.9. The second kappa shape index (κ2) is 5.36. The van der Waals surface area contributed by atoms with Crippen molar-refractivity contribution in [2.75, 3.05) is 11.1 Å². The van der Waals surface area contributed by atoms with Crippen LogP contribution in [0.1, 0.15) is 15.9 Å². The number of anilines is 2. The van der Waals surface area contributed by atoms with Crippen LogP contribution >= 0.6 is 15.9 Å². The van der Waals surface area contributed by atoms with Crippen molar-refractivity contribution in [3.8, 4) is 0 Å². The standard InChI is InChI=1S/C13H11BrFN3O/c1-7-4-10(15)9(14)5-12(7)18-13(19)8-6-17-3-2-11(8)16/h2-6H,1H3,(H2,16,17)(H,18,19). The van der Waals surface area contributed by atoms with Gasteiger partial charge in [-0.2, -0.15) is 0 Å². The molecule has 1 aromatic heterocycles. The Balaban J connectivity index is 2.30. The Bertz CT molecular complexity index is 646. The molecule has 2 aromatic rings. The van der Waals surface area contributed by atoms with Crippen molar-refractivity contribution in [3.05, 3.63) is 52.0 Å². The molecule has 0 fully saturated rings. The van der Waals surface area contributed by atoms with Gasteiger partial charge in [0.1, 0.15) is 5.82 Å². The Morgan fingerprint density at radius 2 is 2.21 bits per heavy atom. The number of nitrogens with two attached hydrogens (primary N) is 1. The molecule has 0 saturated heterocycles. The summed E-state index contributed by atoms with van der Waals surface area (Å²) in [6, 6.07) is 4.39. The maximum absolute atomic E-state index is 13.3. The smallest absolute Gasteiger partial charge is 0.259 e. The van der Waals surface area contributed by atoms with Gasteiger partial charge in [-0.1, -0.05) is 0 Å². The lowest BCUT2D eigenvalue weighted by molar-refractivity contribution is 0.102. The summed E-state index contributed by atoms with van der Waals surface area (Å²) in [4.78, 5) is 15.9. The van der Waals surface area contributed by atoms with Gasteiger partial charge in [-0.05, 0) is 46.6 Å². The molecule has 2 rings (SSSR count). The summed E-state index contributed by atoms with van der Waals surface area (Å²) in [6.07, 6.45) is 2.89. The van der Waals surface area contributed by atoms with Crippen LogP contribution in [0.15, 0.2) is 35.1 Å². The SMILES string of the molecule is Cc1cc(F)c(Br)cc1NC(=O)c1cnccc1N. The van der Waals surface area contributed by atoms with Crippen LogP contribution < -0.4 is 11.1 Å². The summed E-state index contributed by atoms with van der Waals surface area (Å²) in [5, 5.41) is 2.68. The van der Waals surface area contributed by atoms with E-state index in [9.17, 15) is 9.18 Å². The Labute approximate surface area is 118 Å². The number of aryl methyl sites for hydroxylation is 1. The van der Waals surface area contributed by atoms with Gasteiger partial charge in [0, 0.05) is 23.8 Å². The molecule has 0 aliphatic rings. The maximum Gasteiger partial charge on any atom is 0.259 e. The quantitative estimate of drug-likeness (QED) is 0.892. The first-order chi connectivity index (χ1) is 8.99. The average Bonchev–Trinajstić information content (AvgIpc) is 2.36. The van der Waals surface area contributed by atoms with Crippen molar-refractivity contribution in [3.63, 3.8) is 0 Å². The molecule has 0 spiro atoms. The number of rotatable bonds is 2. The van der Waals surface area contributed by atoms with Crippen molar-refractivity contribution in [1.29, 1.82) is 0 Å². The number of aromatic nitrogens is 1. The number of hydrogen-bond donors (Lipinski definition) is 2. The third kappa shape index (κ3) is 2.90. The fourth-order valence-electron chi connectivity index (χ4n) is 1.57. The second-order valence-corrected chi connectivity index (χ2v) is 4.85. The third-order valence-electron chi connectivity index (χ3n) is 2.61. The number of nitrogens with one attached hydrogen (secondary N) is 1. The number of hydrogen-bond acceptors (Lipinski definition) is 3. The van der Waals surface area contributed by atoms with Crippen molar-refractivity contribution < 1.29 is 9.18 Å². The number of carbonyl (C=O) groups is 1. The minimum Gasteiger partial charge on any atom is -0.398 e. The van der Waals surface area contributed by atoms with Gasteiger partial charge in [0.25, 0.3) is 5.91 Å². The monoisotopic (exact) mass is 323 g/mol. The summed E-state index contributed by atoms with van der Waals surface area (Å²) in [5.74, 6) is -0.761. The molecule has 0 atom stereocenters. The van der Waals surface area contributed by atoms with E-state index in [2.05, 4.69) is 26.2 Å². The molecule has 0 aliphatic heterocycles. The fraction of sp³-hybridized carbons (Fsp3) is 0.0769. The zero-order chi connectivity index (χ0) is 14.0. The van der Waals surface area contributed by atoms with Gasteiger partial charge in [0.05, 0.1) is 10.0 Å². The minimum absolute atomic E-state index is 0.280. The molecule has 1 amide bonds. The van der Waals surface area contributed by atoms with Crippen LogP contribution in [0.5, 0.6) is 0 Å². The number of carbonyl (C=O) groups excluding carboxylic acids is 1.